The fraction of sp³-hybridized carbons (Fsp3) is 0.577. The van der Waals surface area contributed by atoms with Crippen molar-refractivity contribution in [2.75, 3.05) is 58.4 Å². The summed E-state index contributed by atoms with van der Waals surface area (Å²) < 4.78 is 27.0. The second-order valence-corrected chi connectivity index (χ2v) is 12.6. The zero-order chi connectivity index (χ0) is 26.9. The molecule has 1 aromatic heterocycles. The van der Waals surface area contributed by atoms with E-state index in [2.05, 4.69) is 24.9 Å². The van der Waals surface area contributed by atoms with Gasteiger partial charge in [0.25, 0.3) is 5.91 Å². The van der Waals surface area contributed by atoms with E-state index in [1.165, 1.54) is 12.8 Å². The number of rotatable bonds is 8. The summed E-state index contributed by atoms with van der Waals surface area (Å²) in [5.74, 6) is 0.168. The predicted octanol–water partition coefficient (Wildman–Crippen LogP) is 2.11. The lowest BCUT2D eigenvalue weighted by molar-refractivity contribution is 0.102. The Kier molecular flexibility index (Phi) is 7.47. The zero-order valence-electron chi connectivity index (χ0n) is 21.7. The average Bonchev–Trinajstić information content (AvgIpc) is 3.62. The third-order valence-electron chi connectivity index (χ3n) is 7.83. The molecule has 1 amide bonds. The van der Waals surface area contributed by atoms with Gasteiger partial charge < -0.3 is 25.3 Å². The molecule has 0 radical (unpaired) electrons. The molecule has 1 aliphatic carbocycles. The van der Waals surface area contributed by atoms with Gasteiger partial charge in [0.1, 0.15) is 5.82 Å². The Morgan fingerprint density at radius 3 is 2.42 bits per heavy atom. The Bertz CT molecular complexity index is 1280. The van der Waals surface area contributed by atoms with Crippen molar-refractivity contribution < 1.29 is 23.4 Å². The van der Waals surface area contributed by atoms with Crippen LogP contribution in [0.25, 0.3) is 0 Å². The standard InChI is InChI=1S/C26H36N6O5S/c1-18-16-23(29-25(27-18)32-10-4-20(34)5-11-32)28-24(35)21-3-2-19(30-38(36,37)15-14-33)17-22(21)31-12-8-26(6-7-26)9-13-31/h2-3,16-17,20,30,33-34H,4-15H2,1H3,(H,27,28,29,35). The maximum atomic E-state index is 13.5. The van der Waals surface area contributed by atoms with Crippen molar-refractivity contribution in [3.05, 3.63) is 35.5 Å². The van der Waals surface area contributed by atoms with E-state index >= 15 is 0 Å². The fourth-order valence-corrected chi connectivity index (χ4v) is 6.13. The normalized spacial score (nSPS) is 19.4. The minimum absolute atomic E-state index is 0.311. The van der Waals surface area contributed by atoms with Crippen LogP contribution in [0.4, 0.5) is 23.1 Å². The van der Waals surface area contributed by atoms with Gasteiger partial charge in [-0.15, -0.1) is 0 Å². The summed E-state index contributed by atoms with van der Waals surface area (Å²) in [4.78, 5) is 26.8. The largest absolute Gasteiger partial charge is 0.395 e. The number of nitrogens with one attached hydrogen (secondary N) is 2. The van der Waals surface area contributed by atoms with Crippen molar-refractivity contribution in [2.24, 2.45) is 5.41 Å². The zero-order valence-corrected chi connectivity index (χ0v) is 22.5. The van der Waals surface area contributed by atoms with Crippen molar-refractivity contribution in [1.29, 1.82) is 0 Å². The minimum Gasteiger partial charge on any atom is -0.395 e. The van der Waals surface area contributed by atoms with E-state index in [4.69, 9.17) is 5.11 Å². The van der Waals surface area contributed by atoms with Gasteiger partial charge in [-0.3, -0.25) is 9.52 Å². The van der Waals surface area contributed by atoms with Crippen molar-refractivity contribution in [2.45, 2.75) is 51.6 Å². The highest BCUT2D eigenvalue weighted by Crippen LogP contribution is 2.54. The molecule has 5 rings (SSSR count). The lowest BCUT2D eigenvalue weighted by Gasteiger charge is -2.35. The van der Waals surface area contributed by atoms with Crippen LogP contribution in [0.15, 0.2) is 24.3 Å². The molecule has 1 spiro atoms. The lowest BCUT2D eigenvalue weighted by atomic mass is 9.93. The Balaban J connectivity index is 1.39. The van der Waals surface area contributed by atoms with Gasteiger partial charge >= 0.3 is 0 Å². The summed E-state index contributed by atoms with van der Waals surface area (Å²) >= 11 is 0. The van der Waals surface area contributed by atoms with E-state index in [9.17, 15) is 18.3 Å². The number of sulfonamides is 1. The smallest absolute Gasteiger partial charge is 0.258 e. The molecule has 38 heavy (non-hydrogen) atoms. The highest BCUT2D eigenvalue weighted by molar-refractivity contribution is 7.92. The number of amides is 1. The number of hydrogen-bond donors (Lipinski definition) is 4. The highest BCUT2D eigenvalue weighted by atomic mass is 32.2. The van der Waals surface area contributed by atoms with Crippen LogP contribution in [0.1, 0.15) is 54.6 Å². The van der Waals surface area contributed by atoms with Crippen molar-refractivity contribution in [1.82, 2.24) is 9.97 Å². The summed E-state index contributed by atoms with van der Waals surface area (Å²) in [5.41, 5.74) is 2.61. The Morgan fingerprint density at radius 2 is 1.76 bits per heavy atom. The summed E-state index contributed by atoms with van der Waals surface area (Å²) in [6, 6.07) is 6.61. The molecule has 12 heteroatoms. The topological polar surface area (TPSA) is 148 Å². The van der Waals surface area contributed by atoms with Gasteiger partial charge in [0, 0.05) is 37.9 Å². The van der Waals surface area contributed by atoms with E-state index in [0.717, 1.165) is 31.6 Å². The van der Waals surface area contributed by atoms with E-state index in [0.29, 0.717) is 60.1 Å². The molecule has 2 aromatic rings. The average molecular weight is 545 g/mol. The van der Waals surface area contributed by atoms with Crippen LogP contribution >= 0.6 is 0 Å². The first-order valence-corrected chi connectivity index (χ1v) is 14.9. The first kappa shape index (κ1) is 26.6. The number of aliphatic hydroxyl groups excluding tert-OH is 2. The van der Waals surface area contributed by atoms with Gasteiger partial charge in [-0.2, -0.15) is 4.98 Å². The number of piperidine rings is 2. The third-order valence-corrected chi connectivity index (χ3v) is 9.10. The Morgan fingerprint density at radius 1 is 1.05 bits per heavy atom. The van der Waals surface area contributed by atoms with Crippen LogP contribution in [0, 0.1) is 12.3 Å². The van der Waals surface area contributed by atoms with E-state index < -0.39 is 22.4 Å². The molecule has 3 fully saturated rings. The molecule has 11 nitrogen and oxygen atoms in total. The first-order valence-electron chi connectivity index (χ1n) is 13.3. The summed E-state index contributed by atoms with van der Waals surface area (Å²) in [7, 11) is -3.70. The number of hydrogen-bond acceptors (Lipinski definition) is 9. The lowest BCUT2D eigenvalue weighted by Crippen LogP contribution is -2.37. The van der Waals surface area contributed by atoms with Gasteiger partial charge in [0.15, 0.2) is 0 Å². The molecule has 2 saturated heterocycles. The number of anilines is 4. The molecule has 206 valence electrons. The molecule has 2 aliphatic heterocycles. The Labute approximate surface area is 223 Å². The van der Waals surface area contributed by atoms with Crippen molar-refractivity contribution in [3.8, 4) is 0 Å². The monoisotopic (exact) mass is 544 g/mol. The van der Waals surface area contributed by atoms with E-state index in [1.54, 1.807) is 24.3 Å². The molecule has 1 saturated carbocycles. The molecular weight excluding hydrogens is 508 g/mol. The number of aliphatic hydroxyl groups is 2. The molecule has 0 bridgehead atoms. The van der Waals surface area contributed by atoms with Crippen LogP contribution in [-0.4, -0.2) is 79.1 Å². The van der Waals surface area contributed by atoms with Crippen LogP contribution in [0.2, 0.25) is 0 Å². The quantitative estimate of drug-likeness (QED) is 0.392. The van der Waals surface area contributed by atoms with Gasteiger partial charge in [-0.25, -0.2) is 13.4 Å². The van der Waals surface area contributed by atoms with Gasteiger partial charge in [-0.1, -0.05) is 0 Å². The molecule has 3 aliphatic rings. The molecule has 0 unspecified atom stereocenters. The Hall–Kier alpha value is -2.96. The van der Waals surface area contributed by atoms with Crippen molar-refractivity contribution >= 4 is 39.1 Å². The van der Waals surface area contributed by atoms with Gasteiger partial charge in [0.05, 0.1) is 35.4 Å². The predicted molar refractivity (Wildman–Crippen MR) is 146 cm³/mol. The van der Waals surface area contributed by atoms with E-state index in [1.807, 2.05) is 11.8 Å². The summed E-state index contributed by atoms with van der Waals surface area (Å²) in [5, 5.41) is 21.8. The molecule has 1 aromatic carbocycles. The summed E-state index contributed by atoms with van der Waals surface area (Å²) in [6.45, 7) is 4.25. The van der Waals surface area contributed by atoms with Crippen LogP contribution in [0.3, 0.4) is 0 Å². The number of carbonyl (C=O) groups excluding carboxylic acids is 1. The minimum atomic E-state index is -3.70. The first-order chi connectivity index (χ1) is 18.2. The molecule has 4 N–H and O–H groups in total. The number of benzene rings is 1. The highest BCUT2D eigenvalue weighted by Gasteiger charge is 2.44. The maximum absolute atomic E-state index is 13.5. The number of aromatic nitrogens is 2. The second-order valence-electron chi connectivity index (χ2n) is 10.7. The second kappa shape index (κ2) is 10.7. The number of aryl methyl sites for hydroxylation is 1. The van der Waals surface area contributed by atoms with Gasteiger partial charge in [0.2, 0.25) is 16.0 Å². The van der Waals surface area contributed by atoms with Crippen LogP contribution in [0.5, 0.6) is 0 Å². The molecule has 3 heterocycles. The van der Waals surface area contributed by atoms with Crippen LogP contribution < -0.4 is 19.8 Å². The molecule has 0 atom stereocenters. The van der Waals surface area contributed by atoms with Gasteiger partial charge in [-0.05, 0) is 69.1 Å². The van der Waals surface area contributed by atoms with E-state index in [-0.39, 0.29) is 12.0 Å². The fourth-order valence-electron chi connectivity index (χ4n) is 5.31. The maximum Gasteiger partial charge on any atom is 0.258 e. The SMILES string of the molecule is Cc1cc(NC(=O)c2ccc(NS(=O)(=O)CCO)cc2N2CCC3(CC2)CC3)nc(N2CCC(O)CC2)n1. The van der Waals surface area contributed by atoms with Crippen molar-refractivity contribution in [3.63, 3.8) is 0 Å². The number of carbonyl (C=O) groups is 1. The summed E-state index contributed by atoms with van der Waals surface area (Å²) in [6.07, 6.45) is 5.58. The third kappa shape index (κ3) is 6.19. The van der Waals surface area contributed by atoms with Crippen LogP contribution in [-0.2, 0) is 10.0 Å². The molecular formula is C26H36N6O5S. The number of nitrogens with zero attached hydrogens (tertiary/aromatic N) is 4.